The summed E-state index contributed by atoms with van der Waals surface area (Å²) in [7, 11) is 0. The van der Waals surface area contributed by atoms with Crippen molar-refractivity contribution in [1.29, 1.82) is 0 Å². The van der Waals surface area contributed by atoms with Crippen molar-refractivity contribution in [2.45, 2.75) is 19.8 Å². The van der Waals surface area contributed by atoms with Crippen LogP contribution in [-0.4, -0.2) is 30.1 Å². The number of nitrogen functional groups attached to an aromatic ring is 1. The fraction of sp³-hybridized carbons (Fsp3) is 0.136. The van der Waals surface area contributed by atoms with Gasteiger partial charge in [-0.1, -0.05) is 25.1 Å². The third kappa shape index (κ3) is 2.87. The van der Waals surface area contributed by atoms with Gasteiger partial charge in [0.25, 0.3) is 0 Å². The Morgan fingerprint density at radius 1 is 1.03 bits per heavy atom. The number of fused-ring (bicyclic) bond motifs is 2. The van der Waals surface area contributed by atoms with Crippen molar-refractivity contribution < 1.29 is 0 Å². The normalized spacial score (nSPS) is 12.5. The fourth-order valence-electron chi connectivity index (χ4n) is 3.64. The molecule has 3 N–H and O–H groups in total. The van der Waals surface area contributed by atoms with Crippen LogP contribution in [0.1, 0.15) is 29.8 Å². The van der Waals surface area contributed by atoms with Crippen molar-refractivity contribution in [1.82, 2.24) is 30.1 Å². The number of H-pyrrole nitrogens is 1. The Morgan fingerprint density at radius 3 is 2.76 bits per heavy atom. The minimum atomic E-state index is -0.127. The first-order valence-electron chi connectivity index (χ1n) is 9.39. The molecule has 1 atom stereocenters. The van der Waals surface area contributed by atoms with Gasteiger partial charge >= 0.3 is 0 Å². The van der Waals surface area contributed by atoms with Crippen LogP contribution in [0.3, 0.4) is 0 Å². The minimum Gasteiger partial charge on any atom is -0.383 e. The van der Waals surface area contributed by atoms with E-state index in [0.717, 1.165) is 38.7 Å². The van der Waals surface area contributed by atoms with Crippen molar-refractivity contribution in [3.05, 3.63) is 71.9 Å². The Bertz CT molecular complexity index is 1340. The van der Waals surface area contributed by atoms with E-state index in [4.69, 9.17) is 10.7 Å². The van der Waals surface area contributed by atoms with Crippen LogP contribution in [0.15, 0.2) is 55.0 Å². The highest BCUT2D eigenvalue weighted by molar-refractivity contribution is 5.87. The predicted molar refractivity (Wildman–Crippen MR) is 113 cm³/mol. The number of nitrogens with two attached hydrogens (primary N) is 1. The monoisotopic (exact) mass is 381 g/mol. The number of nitrogens with zero attached hydrogens (tertiary/aromatic N) is 5. The van der Waals surface area contributed by atoms with Crippen molar-refractivity contribution >= 4 is 27.8 Å². The van der Waals surface area contributed by atoms with Gasteiger partial charge in [-0.25, -0.2) is 15.0 Å². The van der Waals surface area contributed by atoms with Gasteiger partial charge in [0.15, 0.2) is 5.65 Å². The predicted octanol–water partition coefficient (Wildman–Crippen LogP) is 4.01. The van der Waals surface area contributed by atoms with Gasteiger partial charge in [0.05, 0.1) is 22.8 Å². The summed E-state index contributed by atoms with van der Waals surface area (Å²) in [6, 6.07) is 12.3. The second-order valence-corrected chi connectivity index (χ2v) is 7.14. The molecular formula is C22H19N7. The van der Waals surface area contributed by atoms with E-state index in [1.54, 1.807) is 12.4 Å². The molecule has 0 spiro atoms. The number of aryl methyl sites for hydroxylation is 1. The van der Waals surface area contributed by atoms with Gasteiger partial charge in [-0.15, -0.1) is 0 Å². The van der Waals surface area contributed by atoms with Crippen LogP contribution in [-0.2, 0) is 0 Å². The van der Waals surface area contributed by atoms with Crippen LogP contribution < -0.4 is 5.73 Å². The first-order chi connectivity index (χ1) is 14.1. The van der Waals surface area contributed by atoms with Gasteiger partial charge in [-0.2, -0.15) is 5.10 Å². The van der Waals surface area contributed by atoms with E-state index in [1.807, 2.05) is 24.4 Å². The van der Waals surface area contributed by atoms with Crippen LogP contribution in [0.5, 0.6) is 0 Å². The number of pyridine rings is 2. The van der Waals surface area contributed by atoms with Crippen LogP contribution in [0.25, 0.3) is 33.2 Å². The van der Waals surface area contributed by atoms with Crippen LogP contribution in [0, 0.1) is 6.92 Å². The lowest BCUT2D eigenvalue weighted by atomic mass is 9.93. The highest BCUT2D eigenvalue weighted by Crippen LogP contribution is 2.34. The molecule has 1 unspecified atom stereocenters. The number of rotatable bonds is 3. The molecule has 0 aliphatic rings. The van der Waals surface area contributed by atoms with Crippen molar-refractivity contribution in [2.24, 2.45) is 0 Å². The molecule has 7 heteroatoms. The molecule has 0 aliphatic heterocycles. The second-order valence-electron chi connectivity index (χ2n) is 7.14. The molecule has 7 nitrogen and oxygen atoms in total. The molecule has 0 saturated heterocycles. The van der Waals surface area contributed by atoms with Crippen molar-refractivity contribution in [3.63, 3.8) is 0 Å². The summed E-state index contributed by atoms with van der Waals surface area (Å²) in [5.41, 5.74) is 11.7. The van der Waals surface area contributed by atoms with E-state index in [9.17, 15) is 0 Å². The summed E-state index contributed by atoms with van der Waals surface area (Å²) in [5.74, 6) is 0.911. The van der Waals surface area contributed by atoms with Crippen LogP contribution >= 0.6 is 0 Å². The maximum Gasteiger partial charge on any atom is 0.161 e. The third-order valence-electron chi connectivity index (χ3n) is 5.22. The quantitative estimate of drug-likeness (QED) is 0.489. The lowest BCUT2D eigenvalue weighted by Gasteiger charge is -2.17. The molecule has 0 amide bonds. The molecule has 0 bridgehead atoms. The Morgan fingerprint density at radius 2 is 1.93 bits per heavy atom. The molecule has 5 aromatic rings. The number of hydrogen-bond donors (Lipinski definition) is 2. The summed E-state index contributed by atoms with van der Waals surface area (Å²) < 4.78 is 0. The lowest BCUT2D eigenvalue weighted by Crippen LogP contribution is -2.08. The summed E-state index contributed by atoms with van der Waals surface area (Å²) in [5, 5.41) is 8.71. The molecule has 1 aromatic carbocycles. The van der Waals surface area contributed by atoms with Crippen LogP contribution in [0.2, 0.25) is 0 Å². The summed E-state index contributed by atoms with van der Waals surface area (Å²) in [4.78, 5) is 18.5. The number of anilines is 1. The standard InChI is InChI=1S/C22H19N7/c1-12-5-3-6-14-9-16(19(26-18(12)14)15-7-4-8-24-10-15)13(2)21-27-20(23)17-11-25-29-22(17)28-21/h3-11,13H,1-2H3,(H3,23,25,27,28,29). The maximum absolute atomic E-state index is 6.14. The van der Waals surface area contributed by atoms with Gasteiger partial charge < -0.3 is 5.73 Å². The zero-order chi connectivity index (χ0) is 20.0. The van der Waals surface area contributed by atoms with E-state index in [1.165, 1.54) is 0 Å². The highest BCUT2D eigenvalue weighted by Gasteiger charge is 2.21. The second kappa shape index (κ2) is 6.63. The Kier molecular flexibility index (Phi) is 3.94. The molecule has 29 heavy (non-hydrogen) atoms. The third-order valence-corrected chi connectivity index (χ3v) is 5.22. The molecule has 0 radical (unpaired) electrons. The molecule has 0 fully saturated rings. The van der Waals surface area contributed by atoms with Crippen LogP contribution in [0.4, 0.5) is 5.82 Å². The Labute approximate surface area is 167 Å². The molecule has 5 rings (SSSR count). The SMILES string of the molecule is Cc1cccc2cc(C(C)c3nc(N)c4cn[nH]c4n3)c(-c3cccnc3)nc12. The zero-order valence-corrected chi connectivity index (χ0v) is 16.1. The molecule has 0 aliphatic carbocycles. The highest BCUT2D eigenvalue weighted by atomic mass is 15.2. The van der Waals surface area contributed by atoms with Gasteiger partial charge in [-0.3, -0.25) is 10.1 Å². The number of benzene rings is 1. The largest absolute Gasteiger partial charge is 0.383 e. The summed E-state index contributed by atoms with van der Waals surface area (Å²) in [6.07, 6.45) is 5.23. The Balaban J connectivity index is 1.75. The maximum atomic E-state index is 6.14. The first kappa shape index (κ1) is 17.2. The summed E-state index contributed by atoms with van der Waals surface area (Å²) in [6.45, 7) is 4.14. The van der Waals surface area contributed by atoms with E-state index in [2.05, 4.69) is 57.2 Å². The number of nitrogens with one attached hydrogen (secondary N) is 1. The average molecular weight is 381 g/mol. The van der Waals surface area contributed by atoms with Gasteiger partial charge in [0.1, 0.15) is 11.6 Å². The van der Waals surface area contributed by atoms with Crippen molar-refractivity contribution in [2.75, 3.05) is 5.73 Å². The molecule has 142 valence electrons. The fourth-order valence-corrected chi connectivity index (χ4v) is 3.64. The molecule has 4 aromatic heterocycles. The van der Waals surface area contributed by atoms with Gasteiger partial charge in [-0.05, 0) is 36.2 Å². The minimum absolute atomic E-state index is 0.127. The smallest absolute Gasteiger partial charge is 0.161 e. The summed E-state index contributed by atoms with van der Waals surface area (Å²) >= 11 is 0. The molecule has 0 saturated carbocycles. The van der Waals surface area contributed by atoms with E-state index in [-0.39, 0.29) is 5.92 Å². The average Bonchev–Trinajstić information content (AvgIpc) is 3.23. The number of aromatic nitrogens is 6. The van der Waals surface area contributed by atoms with E-state index >= 15 is 0 Å². The number of aromatic amines is 1. The first-order valence-corrected chi connectivity index (χ1v) is 9.39. The zero-order valence-electron chi connectivity index (χ0n) is 16.1. The van der Waals surface area contributed by atoms with Gasteiger partial charge in [0, 0.05) is 29.3 Å². The topological polar surface area (TPSA) is 106 Å². The van der Waals surface area contributed by atoms with Crippen molar-refractivity contribution in [3.8, 4) is 11.3 Å². The Hall–Kier alpha value is -3.87. The van der Waals surface area contributed by atoms with E-state index in [0.29, 0.717) is 17.3 Å². The lowest BCUT2D eigenvalue weighted by molar-refractivity contribution is 0.824. The number of hydrogen-bond acceptors (Lipinski definition) is 6. The molecular weight excluding hydrogens is 362 g/mol. The molecule has 4 heterocycles. The number of para-hydroxylation sites is 1. The van der Waals surface area contributed by atoms with E-state index < -0.39 is 0 Å². The van der Waals surface area contributed by atoms with Gasteiger partial charge in [0.2, 0.25) is 0 Å².